The van der Waals surface area contributed by atoms with Crippen molar-refractivity contribution in [2.45, 2.75) is 0 Å². The van der Waals surface area contributed by atoms with Crippen LogP contribution in [0.25, 0.3) is 0 Å². The molecule has 0 amide bonds. The average Bonchev–Trinajstić information content (AvgIpc) is 2.80. The minimum Gasteiger partial charge on any atom is -0.358 e. The zero-order chi connectivity index (χ0) is 11.4. The van der Waals surface area contributed by atoms with E-state index < -0.39 is 4.92 Å². The molecule has 84 valence electrons. The summed E-state index contributed by atoms with van der Waals surface area (Å²) in [4.78, 5) is 9.96. The van der Waals surface area contributed by atoms with Gasteiger partial charge in [-0.2, -0.15) is 0 Å². The van der Waals surface area contributed by atoms with Gasteiger partial charge in [0, 0.05) is 12.1 Å². The monoisotopic (exact) mass is 222 g/mol. The van der Waals surface area contributed by atoms with E-state index in [1.165, 1.54) is 12.1 Å². The van der Waals surface area contributed by atoms with Crippen LogP contribution in [-0.2, 0) is 4.74 Å². The number of rotatable bonds is 3. The maximum Gasteiger partial charge on any atom is 0.269 e. The fraction of sp³-hybridized carbons (Fsp3) is 0.333. The number of hydrogen-bond donors (Lipinski definition) is 0. The Morgan fingerprint density at radius 2 is 2.12 bits per heavy atom. The van der Waals surface area contributed by atoms with Gasteiger partial charge in [0.15, 0.2) is 0 Å². The van der Waals surface area contributed by atoms with Crippen molar-refractivity contribution >= 4 is 11.4 Å². The molecule has 16 heavy (non-hydrogen) atoms. The molecule has 1 aliphatic rings. The van der Waals surface area contributed by atoms with Gasteiger partial charge < -0.3 is 4.74 Å². The fourth-order valence-electron chi connectivity index (χ4n) is 1.23. The van der Waals surface area contributed by atoms with Gasteiger partial charge in [0.25, 0.3) is 5.69 Å². The molecule has 0 N–H and O–H groups in total. The number of non-ortho nitro benzene ring substituents is 1. The van der Waals surface area contributed by atoms with E-state index in [1.54, 1.807) is 17.1 Å². The lowest BCUT2D eigenvalue weighted by atomic mass is 10.3. The Hall–Kier alpha value is -2.02. The summed E-state index contributed by atoms with van der Waals surface area (Å²) in [6, 6.07) is 5.90. The minimum atomic E-state index is -0.449. The van der Waals surface area contributed by atoms with Crippen LogP contribution in [0, 0.1) is 10.1 Å². The van der Waals surface area contributed by atoms with E-state index in [1.807, 2.05) is 0 Å². The SMILES string of the molecule is O=[N+]([O-])c1ccc(N=NN2CCOC2)cc1. The van der Waals surface area contributed by atoms with E-state index in [0.29, 0.717) is 19.0 Å². The molecule has 0 bridgehead atoms. The minimum absolute atomic E-state index is 0.0449. The van der Waals surface area contributed by atoms with E-state index in [0.717, 1.165) is 6.54 Å². The molecule has 1 aliphatic heterocycles. The molecule has 1 saturated heterocycles. The highest BCUT2D eigenvalue weighted by atomic mass is 16.6. The summed E-state index contributed by atoms with van der Waals surface area (Å²) in [5.74, 6) is 0. The summed E-state index contributed by atoms with van der Waals surface area (Å²) in [7, 11) is 0. The van der Waals surface area contributed by atoms with Gasteiger partial charge in [0.2, 0.25) is 0 Å². The van der Waals surface area contributed by atoms with Gasteiger partial charge in [0.1, 0.15) is 6.73 Å². The second-order valence-corrected chi connectivity index (χ2v) is 3.23. The Morgan fingerprint density at radius 3 is 2.69 bits per heavy atom. The van der Waals surface area contributed by atoms with Gasteiger partial charge in [-0.25, -0.2) is 0 Å². The Balaban J connectivity index is 2.01. The number of nitro groups is 1. The van der Waals surface area contributed by atoms with Crippen molar-refractivity contribution in [2.75, 3.05) is 19.9 Å². The molecule has 0 radical (unpaired) electrons. The molecule has 0 atom stereocenters. The van der Waals surface area contributed by atoms with Crippen LogP contribution in [0.15, 0.2) is 34.6 Å². The molecule has 0 aromatic heterocycles. The molecule has 0 aliphatic carbocycles. The lowest BCUT2D eigenvalue weighted by Gasteiger charge is -2.04. The van der Waals surface area contributed by atoms with E-state index in [4.69, 9.17) is 4.74 Å². The van der Waals surface area contributed by atoms with Crippen LogP contribution in [0.4, 0.5) is 11.4 Å². The molecule has 1 aromatic carbocycles. The average molecular weight is 222 g/mol. The molecule has 1 fully saturated rings. The van der Waals surface area contributed by atoms with E-state index in [-0.39, 0.29) is 5.69 Å². The standard InChI is InChI=1S/C9H10N4O3/c14-13(15)9-3-1-8(2-4-9)10-11-12-5-6-16-7-12/h1-4H,5-7H2. The second kappa shape index (κ2) is 4.67. The van der Waals surface area contributed by atoms with Gasteiger partial charge in [-0.15, -0.1) is 5.11 Å². The largest absolute Gasteiger partial charge is 0.358 e. The van der Waals surface area contributed by atoms with Crippen LogP contribution in [0.3, 0.4) is 0 Å². The Kier molecular flexibility index (Phi) is 3.06. The third-order valence-corrected chi connectivity index (χ3v) is 2.08. The second-order valence-electron chi connectivity index (χ2n) is 3.23. The summed E-state index contributed by atoms with van der Waals surface area (Å²) in [6.45, 7) is 1.81. The maximum absolute atomic E-state index is 10.4. The predicted octanol–water partition coefficient (Wildman–Crippen LogP) is 1.88. The van der Waals surface area contributed by atoms with Crippen LogP contribution in [0.2, 0.25) is 0 Å². The van der Waals surface area contributed by atoms with Crippen LogP contribution in [0.1, 0.15) is 0 Å². The molecule has 0 spiro atoms. The summed E-state index contributed by atoms with van der Waals surface area (Å²) in [5.41, 5.74) is 0.626. The van der Waals surface area contributed by atoms with Crippen LogP contribution in [-0.4, -0.2) is 29.8 Å². The van der Waals surface area contributed by atoms with E-state index >= 15 is 0 Å². The highest BCUT2D eigenvalue weighted by molar-refractivity contribution is 5.43. The molecule has 0 saturated carbocycles. The maximum atomic E-state index is 10.4. The molecule has 0 unspecified atom stereocenters. The first-order valence-corrected chi connectivity index (χ1v) is 4.74. The van der Waals surface area contributed by atoms with Crippen molar-refractivity contribution in [1.29, 1.82) is 0 Å². The van der Waals surface area contributed by atoms with Crippen molar-refractivity contribution in [3.63, 3.8) is 0 Å². The first-order chi connectivity index (χ1) is 7.75. The molecule has 7 heteroatoms. The van der Waals surface area contributed by atoms with Crippen molar-refractivity contribution in [2.24, 2.45) is 10.3 Å². The molecular weight excluding hydrogens is 212 g/mol. The number of benzene rings is 1. The number of hydrogen-bond acceptors (Lipinski definition) is 5. The van der Waals surface area contributed by atoms with Gasteiger partial charge in [-0.05, 0) is 12.1 Å². The summed E-state index contributed by atoms with van der Waals surface area (Å²) >= 11 is 0. The van der Waals surface area contributed by atoms with Crippen LogP contribution < -0.4 is 0 Å². The first kappa shape index (κ1) is 10.5. The summed E-state index contributed by atoms with van der Waals surface area (Å²) in [5, 5.41) is 20.0. The summed E-state index contributed by atoms with van der Waals surface area (Å²) in [6.07, 6.45) is 0. The van der Waals surface area contributed by atoms with Crippen molar-refractivity contribution in [3.05, 3.63) is 34.4 Å². The van der Waals surface area contributed by atoms with Crippen LogP contribution >= 0.6 is 0 Å². The number of nitrogens with zero attached hydrogens (tertiary/aromatic N) is 4. The Morgan fingerprint density at radius 1 is 1.38 bits per heavy atom. The number of ether oxygens (including phenoxy) is 1. The predicted molar refractivity (Wildman–Crippen MR) is 55.1 cm³/mol. The highest BCUT2D eigenvalue weighted by Gasteiger charge is 2.08. The van der Waals surface area contributed by atoms with Crippen LogP contribution in [0.5, 0.6) is 0 Å². The van der Waals surface area contributed by atoms with Crippen molar-refractivity contribution in [1.82, 2.24) is 5.01 Å². The van der Waals surface area contributed by atoms with Crippen molar-refractivity contribution < 1.29 is 9.66 Å². The summed E-state index contributed by atoms with van der Waals surface area (Å²) < 4.78 is 5.08. The molecule has 2 rings (SSSR count). The van der Waals surface area contributed by atoms with E-state index in [2.05, 4.69) is 10.3 Å². The molecule has 1 aromatic rings. The van der Waals surface area contributed by atoms with E-state index in [9.17, 15) is 10.1 Å². The molecule has 1 heterocycles. The topological polar surface area (TPSA) is 80.3 Å². The van der Waals surface area contributed by atoms with Gasteiger partial charge in [-0.1, -0.05) is 5.22 Å². The van der Waals surface area contributed by atoms with Gasteiger partial charge in [0.05, 0.1) is 23.8 Å². The molecular formula is C9H10N4O3. The quantitative estimate of drug-likeness (QED) is 0.444. The third kappa shape index (κ3) is 2.51. The first-order valence-electron chi connectivity index (χ1n) is 4.74. The zero-order valence-electron chi connectivity index (χ0n) is 8.44. The smallest absolute Gasteiger partial charge is 0.269 e. The lowest BCUT2D eigenvalue weighted by Crippen LogP contribution is -2.10. The third-order valence-electron chi connectivity index (χ3n) is 2.08. The highest BCUT2D eigenvalue weighted by Crippen LogP contribution is 2.18. The molecule has 7 nitrogen and oxygen atoms in total. The Bertz CT molecular complexity index is 398. The number of nitro benzene ring substituents is 1. The fourth-order valence-corrected chi connectivity index (χ4v) is 1.23. The zero-order valence-corrected chi connectivity index (χ0v) is 8.44. The van der Waals surface area contributed by atoms with Gasteiger partial charge in [-0.3, -0.25) is 15.1 Å². The Labute approximate surface area is 91.5 Å². The normalized spacial score (nSPS) is 15.9. The lowest BCUT2D eigenvalue weighted by molar-refractivity contribution is -0.384. The van der Waals surface area contributed by atoms with Gasteiger partial charge >= 0.3 is 0 Å². The van der Waals surface area contributed by atoms with Crippen molar-refractivity contribution in [3.8, 4) is 0 Å².